The van der Waals surface area contributed by atoms with E-state index in [1.807, 2.05) is 0 Å². The molecule has 0 unspecified atom stereocenters. The van der Waals surface area contributed by atoms with Crippen molar-refractivity contribution in [1.82, 2.24) is 4.98 Å². The van der Waals surface area contributed by atoms with Crippen molar-refractivity contribution in [2.45, 2.75) is 6.43 Å². The fourth-order valence-electron chi connectivity index (χ4n) is 0.955. The maximum absolute atomic E-state index is 12.4. The van der Waals surface area contributed by atoms with Gasteiger partial charge in [0.25, 0.3) is 6.43 Å². The molecule has 0 spiro atoms. The van der Waals surface area contributed by atoms with Crippen LogP contribution in [0.15, 0.2) is 6.07 Å². The van der Waals surface area contributed by atoms with E-state index in [1.54, 1.807) is 22.6 Å². The normalized spacial score (nSPS) is 10.1. The van der Waals surface area contributed by atoms with Crippen LogP contribution in [0.4, 0.5) is 14.5 Å². The zero-order chi connectivity index (χ0) is 11.6. The molecular formula is C7H2F2IN3O2. The minimum absolute atomic E-state index is 0.116. The van der Waals surface area contributed by atoms with Gasteiger partial charge < -0.3 is 0 Å². The minimum Gasteiger partial charge on any atom is -0.258 e. The molecule has 1 aromatic rings. The number of aromatic nitrogens is 1. The third-order valence-electron chi connectivity index (χ3n) is 1.50. The van der Waals surface area contributed by atoms with Crippen LogP contribution in [0.1, 0.15) is 17.7 Å². The molecule has 0 bridgehead atoms. The van der Waals surface area contributed by atoms with Gasteiger partial charge in [-0.3, -0.25) is 10.1 Å². The maximum Gasteiger partial charge on any atom is 0.314 e. The third-order valence-corrected chi connectivity index (χ3v) is 2.05. The van der Waals surface area contributed by atoms with Crippen molar-refractivity contribution in [1.29, 1.82) is 5.26 Å². The van der Waals surface area contributed by atoms with Gasteiger partial charge in [-0.2, -0.15) is 5.26 Å². The first kappa shape index (κ1) is 11.7. The average molecular weight is 325 g/mol. The summed E-state index contributed by atoms with van der Waals surface area (Å²) in [6, 6.07) is 2.58. The highest BCUT2D eigenvalue weighted by molar-refractivity contribution is 14.1. The number of pyridine rings is 1. The second kappa shape index (κ2) is 4.43. The van der Waals surface area contributed by atoms with Crippen LogP contribution < -0.4 is 0 Å². The van der Waals surface area contributed by atoms with Crippen LogP contribution in [-0.2, 0) is 0 Å². The molecule has 15 heavy (non-hydrogen) atoms. The van der Waals surface area contributed by atoms with Crippen LogP contribution in [-0.4, -0.2) is 9.91 Å². The van der Waals surface area contributed by atoms with Gasteiger partial charge in [-0.25, -0.2) is 13.8 Å². The standard InChI is InChI=1S/C7H2F2IN3O2/c8-7(9)5-6(13(14)15)3(2-11)1-4(10)12-5/h1,7H. The Morgan fingerprint density at radius 2 is 2.27 bits per heavy atom. The third kappa shape index (κ3) is 2.35. The molecule has 0 atom stereocenters. The Kier molecular flexibility index (Phi) is 3.46. The molecule has 1 heterocycles. The lowest BCUT2D eigenvalue weighted by molar-refractivity contribution is -0.386. The molecule has 0 radical (unpaired) electrons. The largest absolute Gasteiger partial charge is 0.314 e. The molecule has 1 aromatic heterocycles. The molecular weight excluding hydrogens is 323 g/mol. The summed E-state index contributed by atoms with van der Waals surface area (Å²) in [7, 11) is 0. The Bertz CT molecular complexity index is 458. The van der Waals surface area contributed by atoms with Crippen molar-refractivity contribution >= 4 is 28.3 Å². The van der Waals surface area contributed by atoms with E-state index in [0.29, 0.717) is 0 Å². The Morgan fingerprint density at radius 3 is 2.67 bits per heavy atom. The summed E-state index contributed by atoms with van der Waals surface area (Å²) >= 11 is 1.61. The molecule has 0 aromatic carbocycles. The van der Waals surface area contributed by atoms with Gasteiger partial charge in [-0.1, -0.05) is 0 Å². The Morgan fingerprint density at radius 1 is 1.67 bits per heavy atom. The number of halogens is 3. The van der Waals surface area contributed by atoms with Crippen molar-refractivity contribution < 1.29 is 13.7 Å². The van der Waals surface area contributed by atoms with Gasteiger partial charge in [-0.15, -0.1) is 0 Å². The van der Waals surface area contributed by atoms with Crippen LogP contribution in [0, 0.1) is 25.1 Å². The number of hydrogen-bond acceptors (Lipinski definition) is 4. The quantitative estimate of drug-likeness (QED) is 0.362. The summed E-state index contributed by atoms with van der Waals surface area (Å²) in [5.41, 5.74) is -2.30. The fourth-order valence-corrected chi connectivity index (χ4v) is 1.53. The minimum atomic E-state index is -3.08. The summed E-state index contributed by atoms with van der Waals surface area (Å²) < 4.78 is 24.9. The molecule has 5 nitrogen and oxygen atoms in total. The number of rotatable bonds is 2. The summed E-state index contributed by atoms with van der Waals surface area (Å²) in [6.07, 6.45) is -3.08. The summed E-state index contributed by atoms with van der Waals surface area (Å²) in [5.74, 6) is 0. The number of alkyl halides is 2. The lowest BCUT2D eigenvalue weighted by atomic mass is 10.2. The fraction of sp³-hybridized carbons (Fsp3) is 0.143. The zero-order valence-electron chi connectivity index (χ0n) is 6.95. The predicted octanol–water partition coefficient (Wildman–Crippen LogP) is 2.40. The van der Waals surface area contributed by atoms with Crippen molar-refractivity contribution in [3.8, 4) is 6.07 Å². The van der Waals surface area contributed by atoms with Gasteiger partial charge in [0.15, 0.2) is 5.69 Å². The molecule has 0 fully saturated rings. The average Bonchev–Trinajstić information content (AvgIpc) is 2.15. The molecule has 1 rings (SSSR count). The van der Waals surface area contributed by atoms with E-state index in [1.165, 1.54) is 6.07 Å². The van der Waals surface area contributed by atoms with E-state index in [9.17, 15) is 18.9 Å². The monoisotopic (exact) mass is 325 g/mol. The van der Waals surface area contributed by atoms with E-state index in [4.69, 9.17) is 5.26 Å². The molecule has 0 amide bonds. The van der Waals surface area contributed by atoms with Gasteiger partial charge in [0, 0.05) is 0 Å². The van der Waals surface area contributed by atoms with Crippen LogP contribution in [0.25, 0.3) is 0 Å². The summed E-state index contributed by atoms with van der Waals surface area (Å²) in [6.45, 7) is 0. The van der Waals surface area contributed by atoms with Crippen molar-refractivity contribution in [2.75, 3.05) is 0 Å². The first-order valence-corrected chi connectivity index (χ1v) is 4.58. The topological polar surface area (TPSA) is 79.8 Å². The molecule has 78 valence electrons. The second-order valence-electron chi connectivity index (χ2n) is 2.40. The summed E-state index contributed by atoms with van der Waals surface area (Å²) in [4.78, 5) is 12.8. The molecule has 0 aliphatic rings. The molecule has 0 saturated carbocycles. The number of nitriles is 1. The molecule has 0 aliphatic carbocycles. The highest BCUT2D eigenvalue weighted by Crippen LogP contribution is 2.30. The van der Waals surface area contributed by atoms with Crippen LogP contribution in [0.5, 0.6) is 0 Å². The van der Waals surface area contributed by atoms with Crippen molar-refractivity contribution in [3.05, 3.63) is 31.1 Å². The lowest BCUT2D eigenvalue weighted by Gasteiger charge is -2.02. The van der Waals surface area contributed by atoms with Gasteiger partial charge >= 0.3 is 5.69 Å². The number of nitrogens with zero attached hydrogens (tertiary/aromatic N) is 3. The molecule has 0 saturated heterocycles. The van der Waals surface area contributed by atoms with E-state index >= 15 is 0 Å². The Balaban J connectivity index is 3.56. The van der Waals surface area contributed by atoms with Crippen LogP contribution in [0.2, 0.25) is 0 Å². The smallest absolute Gasteiger partial charge is 0.258 e. The first-order valence-electron chi connectivity index (χ1n) is 3.50. The van der Waals surface area contributed by atoms with E-state index in [-0.39, 0.29) is 3.70 Å². The summed E-state index contributed by atoms with van der Waals surface area (Å²) in [5, 5.41) is 19.1. The lowest BCUT2D eigenvalue weighted by Crippen LogP contribution is -2.03. The van der Waals surface area contributed by atoms with Crippen molar-refractivity contribution in [2.24, 2.45) is 0 Å². The number of hydrogen-bond donors (Lipinski definition) is 0. The molecule has 8 heteroatoms. The van der Waals surface area contributed by atoms with Crippen molar-refractivity contribution in [3.63, 3.8) is 0 Å². The van der Waals surface area contributed by atoms with E-state index < -0.39 is 28.3 Å². The van der Waals surface area contributed by atoms with E-state index in [0.717, 1.165) is 6.07 Å². The molecule has 0 aliphatic heterocycles. The van der Waals surface area contributed by atoms with Crippen LogP contribution >= 0.6 is 22.6 Å². The zero-order valence-corrected chi connectivity index (χ0v) is 9.10. The molecule has 0 N–H and O–H groups in total. The van der Waals surface area contributed by atoms with Crippen LogP contribution in [0.3, 0.4) is 0 Å². The van der Waals surface area contributed by atoms with Gasteiger partial charge in [0.2, 0.25) is 0 Å². The second-order valence-corrected chi connectivity index (χ2v) is 3.50. The Labute approximate surface area is 96.0 Å². The highest BCUT2D eigenvalue weighted by Gasteiger charge is 2.28. The Hall–Kier alpha value is -1.37. The maximum atomic E-state index is 12.4. The van der Waals surface area contributed by atoms with Gasteiger partial charge in [-0.05, 0) is 28.7 Å². The van der Waals surface area contributed by atoms with Gasteiger partial charge in [0.1, 0.15) is 15.3 Å². The van der Waals surface area contributed by atoms with Gasteiger partial charge in [0.05, 0.1) is 4.92 Å². The highest BCUT2D eigenvalue weighted by atomic mass is 127. The first-order chi connectivity index (χ1) is 6.97. The number of nitro groups is 1. The SMILES string of the molecule is N#Cc1cc(I)nc(C(F)F)c1[N+](=O)[O-]. The van der Waals surface area contributed by atoms with E-state index in [2.05, 4.69) is 4.98 Å². The predicted molar refractivity (Wildman–Crippen MR) is 53.3 cm³/mol.